The van der Waals surface area contributed by atoms with Crippen molar-refractivity contribution in [3.63, 3.8) is 0 Å². The van der Waals surface area contributed by atoms with Gasteiger partial charge in [0.1, 0.15) is 5.84 Å². The van der Waals surface area contributed by atoms with Crippen molar-refractivity contribution in [2.45, 2.75) is 6.54 Å². The molecule has 138 valence electrons. The van der Waals surface area contributed by atoms with Gasteiger partial charge in [0.25, 0.3) is 0 Å². The minimum atomic E-state index is 0.767. The zero-order valence-corrected chi connectivity index (χ0v) is 17.1. The number of hydrogen-bond donors (Lipinski definition) is 1. The Balaban J connectivity index is 1.59. The first-order valence-electron chi connectivity index (χ1n) is 8.97. The van der Waals surface area contributed by atoms with Gasteiger partial charge in [-0.15, -0.1) is 0 Å². The Morgan fingerprint density at radius 3 is 2.93 bits per heavy atom. The monoisotopic (exact) mass is 423 g/mol. The lowest BCUT2D eigenvalue weighted by atomic mass is 10.0. The maximum Gasteiger partial charge on any atom is 0.144 e. The van der Waals surface area contributed by atoms with E-state index in [0.717, 1.165) is 52.6 Å². The standard InChI is InChI=1S/C21H22BrN5/c1-26(2)11-4-3-10-23-15-8-9-19-16(12-15)21-25-20-7-5-6-18(22)17(20)13-27(21)14-24-19/h3-9,12,14,23H,10-11,13H2,1-2H3. The van der Waals surface area contributed by atoms with E-state index in [4.69, 9.17) is 4.99 Å². The Hall–Kier alpha value is -2.44. The van der Waals surface area contributed by atoms with Crippen LogP contribution in [0.25, 0.3) is 0 Å². The van der Waals surface area contributed by atoms with Gasteiger partial charge in [-0.25, -0.2) is 9.98 Å². The van der Waals surface area contributed by atoms with Gasteiger partial charge in [0.05, 0.1) is 24.3 Å². The molecule has 0 fully saturated rings. The van der Waals surface area contributed by atoms with Gasteiger partial charge < -0.3 is 15.1 Å². The van der Waals surface area contributed by atoms with Crippen molar-refractivity contribution in [2.75, 3.05) is 32.5 Å². The molecule has 0 amide bonds. The fourth-order valence-corrected chi connectivity index (χ4v) is 3.64. The largest absolute Gasteiger partial charge is 0.382 e. The summed E-state index contributed by atoms with van der Waals surface area (Å²) in [6.45, 7) is 2.51. The molecule has 0 unspecified atom stereocenters. The third kappa shape index (κ3) is 3.82. The Morgan fingerprint density at radius 1 is 1.19 bits per heavy atom. The van der Waals surface area contributed by atoms with E-state index in [0.29, 0.717) is 0 Å². The van der Waals surface area contributed by atoms with E-state index in [-0.39, 0.29) is 0 Å². The normalized spacial score (nSPS) is 14.8. The molecule has 0 bridgehead atoms. The van der Waals surface area contributed by atoms with E-state index in [1.165, 1.54) is 5.56 Å². The summed E-state index contributed by atoms with van der Waals surface area (Å²) in [5.41, 5.74) is 5.30. The smallest absolute Gasteiger partial charge is 0.144 e. The lowest BCUT2D eigenvalue weighted by Crippen LogP contribution is -2.34. The highest BCUT2D eigenvalue weighted by Crippen LogP contribution is 2.36. The Kier molecular flexibility index (Phi) is 5.09. The minimum Gasteiger partial charge on any atom is -0.382 e. The first-order valence-corrected chi connectivity index (χ1v) is 9.76. The zero-order valence-electron chi connectivity index (χ0n) is 15.5. The molecule has 5 nitrogen and oxygen atoms in total. The van der Waals surface area contributed by atoms with Crippen molar-refractivity contribution in [1.82, 2.24) is 9.80 Å². The molecular weight excluding hydrogens is 402 g/mol. The van der Waals surface area contributed by atoms with Crippen LogP contribution in [0.1, 0.15) is 11.1 Å². The van der Waals surface area contributed by atoms with Crippen molar-refractivity contribution in [2.24, 2.45) is 9.98 Å². The van der Waals surface area contributed by atoms with E-state index in [2.05, 4.69) is 86.6 Å². The molecule has 6 heteroatoms. The summed E-state index contributed by atoms with van der Waals surface area (Å²) in [4.78, 5) is 13.8. The predicted molar refractivity (Wildman–Crippen MR) is 117 cm³/mol. The zero-order chi connectivity index (χ0) is 18.8. The van der Waals surface area contributed by atoms with Gasteiger partial charge in [-0.3, -0.25) is 0 Å². The van der Waals surface area contributed by atoms with Gasteiger partial charge >= 0.3 is 0 Å². The van der Waals surface area contributed by atoms with Crippen LogP contribution in [0.15, 0.2) is 63.0 Å². The summed E-state index contributed by atoms with van der Waals surface area (Å²) in [5.74, 6) is 0.956. The topological polar surface area (TPSA) is 43.2 Å². The number of fused-ring (bicyclic) bond motifs is 4. The predicted octanol–water partition coefficient (Wildman–Crippen LogP) is 4.55. The Bertz CT molecular complexity index is 946. The highest BCUT2D eigenvalue weighted by Gasteiger charge is 2.26. The van der Waals surface area contributed by atoms with E-state index in [1.807, 2.05) is 18.5 Å². The second kappa shape index (κ2) is 7.66. The highest BCUT2D eigenvalue weighted by molar-refractivity contribution is 9.10. The molecule has 2 heterocycles. The number of nitrogens with zero attached hydrogens (tertiary/aromatic N) is 4. The molecule has 2 aliphatic rings. The van der Waals surface area contributed by atoms with Crippen LogP contribution in [0.4, 0.5) is 17.1 Å². The van der Waals surface area contributed by atoms with Crippen LogP contribution < -0.4 is 5.32 Å². The van der Waals surface area contributed by atoms with Crippen LogP contribution in [0, 0.1) is 0 Å². The second-order valence-corrected chi connectivity index (χ2v) is 7.75. The molecule has 27 heavy (non-hydrogen) atoms. The van der Waals surface area contributed by atoms with E-state index in [9.17, 15) is 0 Å². The molecule has 2 aromatic rings. The van der Waals surface area contributed by atoms with Crippen molar-refractivity contribution in [3.05, 3.63) is 64.1 Å². The molecule has 0 atom stereocenters. The molecule has 0 aliphatic carbocycles. The number of rotatable bonds is 5. The number of aliphatic imine (C=N–C) groups is 2. The molecule has 0 saturated carbocycles. The molecule has 2 aliphatic heterocycles. The maximum atomic E-state index is 4.91. The van der Waals surface area contributed by atoms with Gasteiger partial charge in [-0.2, -0.15) is 0 Å². The first-order chi connectivity index (χ1) is 13.1. The van der Waals surface area contributed by atoms with Crippen molar-refractivity contribution >= 4 is 45.2 Å². The quantitative estimate of drug-likeness (QED) is 0.717. The lowest BCUT2D eigenvalue weighted by molar-refractivity contribution is 0.456. The number of likely N-dealkylation sites (N-methyl/N-ethyl adjacent to an activating group) is 1. The lowest BCUT2D eigenvalue weighted by Gasteiger charge is -2.31. The number of anilines is 1. The Morgan fingerprint density at radius 2 is 2.07 bits per heavy atom. The fraction of sp³-hybridized carbons (Fsp3) is 0.238. The first kappa shape index (κ1) is 17.9. The molecule has 4 rings (SSSR count). The molecule has 2 aromatic carbocycles. The summed E-state index contributed by atoms with van der Waals surface area (Å²) in [7, 11) is 4.13. The molecule has 1 N–H and O–H groups in total. The van der Waals surface area contributed by atoms with Crippen LogP contribution >= 0.6 is 15.9 Å². The Labute approximate surface area is 168 Å². The van der Waals surface area contributed by atoms with Gasteiger partial charge in [-0.1, -0.05) is 34.1 Å². The third-order valence-corrected chi connectivity index (χ3v) is 5.30. The van der Waals surface area contributed by atoms with Gasteiger partial charge in [0, 0.05) is 34.4 Å². The molecule has 0 radical (unpaired) electrons. The highest BCUT2D eigenvalue weighted by atomic mass is 79.9. The van der Waals surface area contributed by atoms with E-state index < -0.39 is 0 Å². The third-order valence-electron chi connectivity index (χ3n) is 4.56. The average molecular weight is 424 g/mol. The van der Waals surface area contributed by atoms with Gasteiger partial charge in [0.15, 0.2) is 0 Å². The van der Waals surface area contributed by atoms with Gasteiger partial charge in [-0.05, 0) is 44.4 Å². The fourth-order valence-electron chi connectivity index (χ4n) is 3.16. The number of benzene rings is 2. The van der Waals surface area contributed by atoms with Gasteiger partial charge in [0.2, 0.25) is 0 Å². The van der Waals surface area contributed by atoms with E-state index >= 15 is 0 Å². The van der Waals surface area contributed by atoms with Crippen LogP contribution in [0.3, 0.4) is 0 Å². The summed E-state index contributed by atoms with van der Waals surface area (Å²) in [5, 5.41) is 3.45. The minimum absolute atomic E-state index is 0.767. The van der Waals surface area contributed by atoms with Crippen molar-refractivity contribution in [3.8, 4) is 0 Å². The van der Waals surface area contributed by atoms with Crippen molar-refractivity contribution < 1.29 is 0 Å². The molecule has 0 spiro atoms. The maximum absolute atomic E-state index is 4.91. The van der Waals surface area contributed by atoms with Crippen LogP contribution in [-0.4, -0.2) is 49.2 Å². The van der Waals surface area contributed by atoms with Crippen molar-refractivity contribution in [1.29, 1.82) is 0 Å². The molecular formula is C21H22BrN5. The van der Waals surface area contributed by atoms with Crippen LogP contribution in [0.2, 0.25) is 0 Å². The average Bonchev–Trinajstić information content (AvgIpc) is 2.66. The number of amidine groups is 1. The number of nitrogens with one attached hydrogen (secondary N) is 1. The molecule has 0 aromatic heterocycles. The SMILES string of the molecule is CN(C)CC=CCNc1ccc2c(c1)C1=Nc3cccc(Br)c3CN1C=N2. The van der Waals surface area contributed by atoms with Crippen LogP contribution in [0.5, 0.6) is 0 Å². The van der Waals surface area contributed by atoms with Crippen LogP contribution in [-0.2, 0) is 6.54 Å². The second-order valence-electron chi connectivity index (χ2n) is 6.89. The van der Waals surface area contributed by atoms with E-state index in [1.54, 1.807) is 0 Å². The summed E-state index contributed by atoms with van der Waals surface area (Å²) in [6.07, 6.45) is 6.19. The number of hydrogen-bond acceptors (Lipinski definition) is 5. The number of halogens is 1. The summed E-state index contributed by atoms with van der Waals surface area (Å²) < 4.78 is 1.09. The summed E-state index contributed by atoms with van der Waals surface area (Å²) >= 11 is 3.63. The molecule has 0 saturated heterocycles. The summed E-state index contributed by atoms with van der Waals surface area (Å²) in [6, 6.07) is 12.4.